The van der Waals surface area contributed by atoms with E-state index in [2.05, 4.69) is 40.2 Å². The topological polar surface area (TPSA) is 36.4 Å². The van der Waals surface area contributed by atoms with Gasteiger partial charge < -0.3 is 4.90 Å². The van der Waals surface area contributed by atoms with Crippen molar-refractivity contribution in [2.45, 2.75) is 17.9 Å². The van der Waals surface area contributed by atoms with E-state index in [1.165, 1.54) is 12.0 Å². The fourth-order valence-corrected chi connectivity index (χ4v) is 4.05. The van der Waals surface area contributed by atoms with Crippen molar-refractivity contribution in [3.63, 3.8) is 0 Å². The minimum Gasteiger partial charge on any atom is -0.345 e. The minimum atomic E-state index is 0.198. The van der Waals surface area contributed by atoms with Gasteiger partial charge in [-0.3, -0.25) is 14.7 Å². The number of rotatable bonds is 7. The van der Waals surface area contributed by atoms with Gasteiger partial charge in [-0.25, -0.2) is 0 Å². The van der Waals surface area contributed by atoms with Crippen molar-refractivity contribution < 1.29 is 4.79 Å². The zero-order valence-electron chi connectivity index (χ0n) is 14.7. The maximum absolute atomic E-state index is 12.4. The van der Waals surface area contributed by atoms with Gasteiger partial charge in [0.05, 0.1) is 5.75 Å². The van der Waals surface area contributed by atoms with Crippen LogP contribution in [0.5, 0.6) is 0 Å². The molecule has 1 aliphatic rings. The molecule has 3 rings (SSSR count). The molecule has 0 radical (unpaired) electrons. The standard InChI is InChI=1S/C20H25N3OS/c1-22(20(24)16-25-19-7-10-21-11-8-19)13-18-9-12-23(15-18)14-17-5-3-2-4-6-17/h2-8,10-11,18H,9,12-16H2,1H3. The van der Waals surface area contributed by atoms with E-state index in [1.54, 1.807) is 24.2 Å². The summed E-state index contributed by atoms with van der Waals surface area (Å²) in [6, 6.07) is 14.5. The smallest absolute Gasteiger partial charge is 0.232 e. The fourth-order valence-electron chi connectivity index (χ4n) is 3.23. The average molecular weight is 356 g/mol. The van der Waals surface area contributed by atoms with Gasteiger partial charge in [0.15, 0.2) is 0 Å². The second-order valence-corrected chi connectivity index (χ2v) is 7.67. The van der Waals surface area contributed by atoms with Crippen molar-refractivity contribution in [1.82, 2.24) is 14.8 Å². The largest absolute Gasteiger partial charge is 0.345 e. The molecule has 0 aliphatic carbocycles. The van der Waals surface area contributed by atoms with Gasteiger partial charge >= 0.3 is 0 Å². The van der Waals surface area contributed by atoms with Crippen LogP contribution in [0.25, 0.3) is 0 Å². The summed E-state index contributed by atoms with van der Waals surface area (Å²) >= 11 is 1.58. The highest BCUT2D eigenvalue weighted by Gasteiger charge is 2.24. The summed E-state index contributed by atoms with van der Waals surface area (Å²) in [6.45, 7) is 4.05. The number of aromatic nitrogens is 1. The molecule has 2 heterocycles. The SMILES string of the molecule is CN(CC1CCN(Cc2ccccc2)C1)C(=O)CSc1ccncc1. The number of nitrogens with zero attached hydrogens (tertiary/aromatic N) is 3. The molecule has 2 aromatic rings. The number of pyridine rings is 1. The number of carbonyl (C=O) groups is 1. The average Bonchev–Trinajstić information content (AvgIpc) is 3.08. The van der Waals surface area contributed by atoms with Crippen LogP contribution < -0.4 is 0 Å². The molecule has 25 heavy (non-hydrogen) atoms. The molecule has 132 valence electrons. The van der Waals surface area contributed by atoms with Crippen LogP contribution in [0, 0.1) is 5.92 Å². The van der Waals surface area contributed by atoms with Gasteiger partial charge in [-0.2, -0.15) is 0 Å². The highest BCUT2D eigenvalue weighted by molar-refractivity contribution is 8.00. The first-order valence-corrected chi connectivity index (χ1v) is 9.72. The molecule has 1 saturated heterocycles. The maximum Gasteiger partial charge on any atom is 0.232 e. The summed E-state index contributed by atoms with van der Waals surface area (Å²) in [5.74, 6) is 1.26. The van der Waals surface area contributed by atoms with E-state index in [0.29, 0.717) is 11.7 Å². The Morgan fingerprint density at radius 2 is 2.00 bits per heavy atom. The number of hydrogen-bond donors (Lipinski definition) is 0. The summed E-state index contributed by atoms with van der Waals surface area (Å²) in [4.78, 5) is 21.8. The predicted molar refractivity (Wildman–Crippen MR) is 102 cm³/mol. The first-order chi connectivity index (χ1) is 12.2. The summed E-state index contributed by atoms with van der Waals surface area (Å²) in [6.07, 6.45) is 4.69. The Hall–Kier alpha value is -1.85. The lowest BCUT2D eigenvalue weighted by Gasteiger charge is -2.22. The lowest BCUT2D eigenvalue weighted by atomic mass is 10.1. The number of benzene rings is 1. The summed E-state index contributed by atoms with van der Waals surface area (Å²) < 4.78 is 0. The number of carbonyl (C=O) groups excluding carboxylic acids is 1. The summed E-state index contributed by atoms with van der Waals surface area (Å²) in [7, 11) is 1.93. The molecular formula is C20H25N3OS. The Morgan fingerprint density at radius 1 is 1.24 bits per heavy atom. The maximum atomic E-state index is 12.4. The zero-order chi connectivity index (χ0) is 17.5. The first-order valence-electron chi connectivity index (χ1n) is 8.74. The van der Waals surface area contributed by atoms with Gasteiger partial charge in [-0.1, -0.05) is 30.3 Å². The van der Waals surface area contributed by atoms with E-state index in [4.69, 9.17) is 0 Å². The minimum absolute atomic E-state index is 0.198. The Morgan fingerprint density at radius 3 is 2.76 bits per heavy atom. The molecule has 1 amide bonds. The van der Waals surface area contributed by atoms with E-state index in [1.807, 2.05) is 24.1 Å². The number of hydrogen-bond acceptors (Lipinski definition) is 4. The van der Waals surface area contributed by atoms with E-state index >= 15 is 0 Å². The van der Waals surface area contributed by atoms with E-state index in [0.717, 1.165) is 31.1 Å². The molecule has 1 aromatic heterocycles. The van der Waals surface area contributed by atoms with Gasteiger partial charge in [0.25, 0.3) is 0 Å². The highest BCUT2D eigenvalue weighted by atomic mass is 32.2. The van der Waals surface area contributed by atoms with Crippen LogP contribution >= 0.6 is 11.8 Å². The van der Waals surface area contributed by atoms with Crippen LogP contribution in [0.3, 0.4) is 0 Å². The van der Waals surface area contributed by atoms with Crippen molar-refractivity contribution in [3.05, 3.63) is 60.4 Å². The Kier molecular flexibility index (Phi) is 6.48. The van der Waals surface area contributed by atoms with E-state index < -0.39 is 0 Å². The molecule has 1 atom stereocenters. The second-order valence-electron chi connectivity index (χ2n) is 6.62. The van der Waals surface area contributed by atoms with Gasteiger partial charge in [0.2, 0.25) is 5.91 Å². The molecule has 4 nitrogen and oxygen atoms in total. The molecule has 0 spiro atoms. The Labute approximate surface area is 154 Å². The van der Waals surface area contributed by atoms with Crippen LogP contribution in [0.4, 0.5) is 0 Å². The summed E-state index contributed by atoms with van der Waals surface area (Å²) in [5.41, 5.74) is 1.36. The van der Waals surface area contributed by atoms with Crippen LogP contribution in [-0.2, 0) is 11.3 Å². The van der Waals surface area contributed by atoms with Gasteiger partial charge in [-0.05, 0) is 36.6 Å². The van der Waals surface area contributed by atoms with Crippen LogP contribution in [0.1, 0.15) is 12.0 Å². The number of thioether (sulfide) groups is 1. The van der Waals surface area contributed by atoms with Gasteiger partial charge in [0, 0.05) is 44.0 Å². The number of amides is 1. The van der Waals surface area contributed by atoms with Crippen molar-refractivity contribution in [2.75, 3.05) is 32.4 Å². The zero-order valence-corrected chi connectivity index (χ0v) is 15.5. The molecule has 1 aromatic carbocycles. The predicted octanol–water partition coefficient (Wildman–Crippen LogP) is 3.15. The number of likely N-dealkylation sites (tertiary alicyclic amines) is 1. The quantitative estimate of drug-likeness (QED) is 0.715. The lowest BCUT2D eigenvalue weighted by Crippen LogP contribution is -2.34. The Bertz CT molecular complexity index is 665. The first kappa shape index (κ1) is 18.0. The molecule has 1 unspecified atom stereocenters. The fraction of sp³-hybridized carbons (Fsp3) is 0.400. The molecule has 0 bridgehead atoms. The third kappa shape index (κ3) is 5.58. The van der Waals surface area contributed by atoms with Crippen LogP contribution in [0.15, 0.2) is 59.8 Å². The van der Waals surface area contributed by atoms with Crippen molar-refractivity contribution >= 4 is 17.7 Å². The molecule has 0 saturated carbocycles. The lowest BCUT2D eigenvalue weighted by molar-refractivity contribution is -0.127. The highest BCUT2D eigenvalue weighted by Crippen LogP contribution is 2.21. The third-order valence-corrected chi connectivity index (χ3v) is 5.59. The molecule has 0 N–H and O–H groups in total. The van der Waals surface area contributed by atoms with Gasteiger partial charge in [0.1, 0.15) is 0 Å². The van der Waals surface area contributed by atoms with Gasteiger partial charge in [-0.15, -0.1) is 11.8 Å². The molecular weight excluding hydrogens is 330 g/mol. The van der Waals surface area contributed by atoms with Crippen molar-refractivity contribution in [2.24, 2.45) is 5.92 Å². The van der Waals surface area contributed by atoms with Crippen LogP contribution in [-0.4, -0.2) is 53.1 Å². The van der Waals surface area contributed by atoms with E-state index in [-0.39, 0.29) is 5.91 Å². The van der Waals surface area contributed by atoms with Crippen molar-refractivity contribution in [3.8, 4) is 0 Å². The normalized spacial score (nSPS) is 17.6. The monoisotopic (exact) mass is 355 g/mol. The molecule has 1 aliphatic heterocycles. The summed E-state index contributed by atoms with van der Waals surface area (Å²) in [5, 5.41) is 0. The third-order valence-electron chi connectivity index (χ3n) is 4.59. The van der Waals surface area contributed by atoms with Crippen molar-refractivity contribution in [1.29, 1.82) is 0 Å². The molecule has 5 heteroatoms. The molecule has 1 fully saturated rings. The Balaban J connectivity index is 1.40. The van der Waals surface area contributed by atoms with Crippen LogP contribution in [0.2, 0.25) is 0 Å². The second kappa shape index (κ2) is 9.02. The van der Waals surface area contributed by atoms with E-state index in [9.17, 15) is 4.79 Å².